The van der Waals surface area contributed by atoms with Crippen molar-refractivity contribution >= 4 is 11.9 Å². The number of carboxylic acid groups (broad SMARTS) is 2. The van der Waals surface area contributed by atoms with E-state index >= 15 is 0 Å². The van der Waals surface area contributed by atoms with E-state index in [-0.39, 0.29) is 0 Å². The zero-order valence-electron chi connectivity index (χ0n) is 5.86. The van der Waals surface area contributed by atoms with Crippen molar-refractivity contribution in [1.82, 2.24) is 0 Å². The van der Waals surface area contributed by atoms with Crippen molar-refractivity contribution < 1.29 is 42.5 Å². The third-order valence-electron chi connectivity index (χ3n) is 0. The summed E-state index contributed by atoms with van der Waals surface area (Å²) in [6.07, 6.45) is 0. The third kappa shape index (κ3) is 527. The van der Waals surface area contributed by atoms with Crippen LogP contribution >= 0.6 is 0 Å². The van der Waals surface area contributed by atoms with Gasteiger partial charge >= 0.3 is 22.7 Å². The van der Waals surface area contributed by atoms with Crippen LogP contribution in [0.15, 0.2) is 0 Å². The van der Waals surface area contributed by atoms with Gasteiger partial charge in [-0.25, -0.2) is 0 Å². The fraction of sp³-hybridized carbons (Fsp3) is 0.500. The monoisotopic (exact) mass is 202 g/mol. The van der Waals surface area contributed by atoms with Gasteiger partial charge in [0.1, 0.15) is 0 Å². The Balaban J connectivity index is -0.0000000886. The predicted molar refractivity (Wildman–Crippen MR) is 22.7 cm³/mol. The predicted octanol–water partition coefficient (Wildman–Crippen LogP) is -2.73. The van der Waals surface area contributed by atoms with E-state index in [4.69, 9.17) is 27.4 Å². The normalized spacial score (nSPS) is 5.27. The van der Waals surface area contributed by atoms with Crippen molar-refractivity contribution in [3.05, 3.63) is 0 Å². The summed E-state index contributed by atoms with van der Waals surface area (Å²) < 4.78 is 16.9. The van der Waals surface area contributed by atoms with Crippen LogP contribution in [0.4, 0.5) is 0 Å². The summed E-state index contributed by atoms with van der Waals surface area (Å²) >= 11 is -1.62. The molecule has 0 saturated carbocycles. The minimum absolute atomic E-state index is 0.972. The van der Waals surface area contributed by atoms with E-state index in [1.54, 1.807) is 0 Å². The molecule has 7 heteroatoms. The molecule has 0 amide bonds. The van der Waals surface area contributed by atoms with Gasteiger partial charge in [0.2, 0.25) is 0 Å². The summed E-state index contributed by atoms with van der Waals surface area (Å²) in [7, 11) is 0. The standard InChI is InChI=1S/2C2H4O2.Cr.2O/c2*1-2(3)4;;;/h2*1H3,(H,3,4);;;/q;;+2;;/p-2. The van der Waals surface area contributed by atoms with Gasteiger partial charge in [-0.2, -0.15) is 0 Å². The van der Waals surface area contributed by atoms with Crippen molar-refractivity contribution in [3.8, 4) is 0 Å². The molecule has 0 N–H and O–H groups in total. The number of carbonyl (C=O) groups excluding carboxylic acids is 2. The summed E-state index contributed by atoms with van der Waals surface area (Å²) in [5, 5.41) is 17.8. The molecule has 11 heavy (non-hydrogen) atoms. The number of carbonyl (C=O) groups is 2. The molecule has 0 unspecified atom stereocenters. The zero-order chi connectivity index (χ0) is 9.86. The van der Waals surface area contributed by atoms with Gasteiger partial charge < -0.3 is 19.8 Å². The Morgan fingerprint density at radius 2 is 1.00 bits per heavy atom. The van der Waals surface area contributed by atoms with E-state index in [2.05, 4.69) is 0 Å². The van der Waals surface area contributed by atoms with E-state index in [1.807, 2.05) is 0 Å². The summed E-state index contributed by atoms with van der Waals surface area (Å²) in [6, 6.07) is 0. The van der Waals surface area contributed by atoms with Gasteiger partial charge in [0.15, 0.2) is 0 Å². The van der Waals surface area contributed by atoms with Gasteiger partial charge in [0.05, 0.1) is 0 Å². The van der Waals surface area contributed by atoms with Crippen LogP contribution in [0.2, 0.25) is 0 Å². The molecule has 0 aromatic heterocycles. The number of hydrogen-bond donors (Lipinski definition) is 0. The Morgan fingerprint density at radius 3 is 1.00 bits per heavy atom. The first kappa shape index (κ1) is 16.6. The summed E-state index contributed by atoms with van der Waals surface area (Å²) in [5.41, 5.74) is 0. The van der Waals surface area contributed by atoms with Crippen molar-refractivity contribution in [1.29, 1.82) is 0 Å². The second-order valence-electron chi connectivity index (χ2n) is 1.05. The van der Waals surface area contributed by atoms with Crippen LogP contribution < -0.4 is 10.2 Å². The zero-order valence-corrected chi connectivity index (χ0v) is 7.13. The van der Waals surface area contributed by atoms with Crippen LogP contribution in [0, 0.1) is 0 Å². The molecule has 6 nitrogen and oxygen atoms in total. The van der Waals surface area contributed by atoms with Crippen LogP contribution in [0.1, 0.15) is 13.8 Å². The molecule has 0 heterocycles. The SMILES string of the molecule is CC(=O)[O-].CC(=O)[O-].[O]=[Cr+2]=[O]. The van der Waals surface area contributed by atoms with Gasteiger partial charge in [0, 0.05) is 11.9 Å². The molecular weight excluding hydrogens is 196 g/mol. The average molecular weight is 202 g/mol. The maximum absolute atomic E-state index is 8.89. The van der Waals surface area contributed by atoms with Crippen molar-refractivity contribution in [2.45, 2.75) is 13.8 Å². The van der Waals surface area contributed by atoms with E-state index in [9.17, 15) is 0 Å². The minimum atomic E-state index is -1.62. The van der Waals surface area contributed by atoms with Gasteiger partial charge in [0.25, 0.3) is 0 Å². The van der Waals surface area contributed by atoms with E-state index in [1.165, 1.54) is 0 Å². The third-order valence-corrected chi connectivity index (χ3v) is 0. The molecule has 0 aromatic rings. The molecule has 0 radical (unpaired) electrons. The summed E-state index contributed by atoms with van der Waals surface area (Å²) in [5.74, 6) is -2.17. The second-order valence-corrected chi connectivity index (χ2v) is 1.26. The Morgan fingerprint density at radius 1 is 1.00 bits per heavy atom. The Labute approximate surface area is 69.0 Å². The Kier molecular flexibility index (Phi) is 24.2. The average Bonchev–Trinajstić information content (AvgIpc) is 1.60. The van der Waals surface area contributed by atoms with Gasteiger partial charge in [-0.05, 0) is 13.8 Å². The van der Waals surface area contributed by atoms with Crippen LogP contribution in [0.3, 0.4) is 0 Å². The molecule has 0 aromatic carbocycles. The molecule has 0 atom stereocenters. The van der Waals surface area contributed by atoms with Crippen LogP contribution in [-0.4, -0.2) is 11.9 Å². The maximum atomic E-state index is 8.89. The van der Waals surface area contributed by atoms with E-state index in [0.29, 0.717) is 0 Å². The van der Waals surface area contributed by atoms with E-state index in [0.717, 1.165) is 13.8 Å². The molecule has 0 spiro atoms. The van der Waals surface area contributed by atoms with Gasteiger partial charge in [-0.3, -0.25) is 0 Å². The van der Waals surface area contributed by atoms with Gasteiger partial charge in [-0.15, -0.1) is 0 Å². The van der Waals surface area contributed by atoms with Crippen LogP contribution in [0.25, 0.3) is 0 Å². The molecule has 64 valence electrons. The van der Waals surface area contributed by atoms with Crippen LogP contribution in [0.5, 0.6) is 0 Å². The number of hydrogen-bond acceptors (Lipinski definition) is 6. The Hall–Kier alpha value is -0.928. The van der Waals surface area contributed by atoms with Crippen molar-refractivity contribution in [3.63, 3.8) is 0 Å². The first-order valence-corrected chi connectivity index (χ1v) is 3.19. The van der Waals surface area contributed by atoms with E-state index < -0.39 is 27.0 Å². The molecule has 0 saturated heterocycles. The molecule has 0 rings (SSSR count). The molecule has 0 aliphatic rings. The molecular formula is C4H6CrO6. The summed E-state index contributed by atoms with van der Waals surface area (Å²) in [4.78, 5) is 17.8. The number of rotatable bonds is 0. The molecule has 0 fully saturated rings. The topological polar surface area (TPSA) is 114 Å². The molecule has 0 bridgehead atoms. The first-order valence-electron chi connectivity index (χ1n) is 2.15. The fourth-order valence-electron chi connectivity index (χ4n) is 0. The van der Waals surface area contributed by atoms with Gasteiger partial charge in [-0.1, -0.05) is 0 Å². The summed E-state index contributed by atoms with van der Waals surface area (Å²) in [6.45, 7) is 1.94. The van der Waals surface area contributed by atoms with Crippen molar-refractivity contribution in [2.24, 2.45) is 0 Å². The number of aliphatic carboxylic acids is 2. The fourth-order valence-corrected chi connectivity index (χ4v) is 0. The van der Waals surface area contributed by atoms with Crippen LogP contribution in [-0.2, 0) is 32.3 Å². The first-order chi connectivity index (χ1) is 4.88. The van der Waals surface area contributed by atoms with Crippen molar-refractivity contribution in [2.75, 3.05) is 0 Å². The number of carboxylic acids is 2. The quantitative estimate of drug-likeness (QED) is 0.421. The second kappa shape index (κ2) is 16.0. The Bertz CT molecular complexity index is 127. The molecule has 0 aliphatic heterocycles. The molecule has 0 aliphatic carbocycles.